The van der Waals surface area contributed by atoms with Gasteiger partial charge in [-0.3, -0.25) is 9.69 Å². The van der Waals surface area contributed by atoms with Gasteiger partial charge >= 0.3 is 0 Å². The molecule has 0 radical (unpaired) electrons. The summed E-state index contributed by atoms with van der Waals surface area (Å²) >= 11 is 20.7. The highest BCUT2D eigenvalue weighted by Crippen LogP contribution is 2.40. The van der Waals surface area contributed by atoms with E-state index in [0.717, 1.165) is 24.2 Å². The maximum absolute atomic E-state index is 13.1. The molecule has 2 aromatic carbocycles. The van der Waals surface area contributed by atoms with Gasteiger partial charge in [-0.05, 0) is 62.2 Å². The van der Waals surface area contributed by atoms with E-state index in [2.05, 4.69) is 40.5 Å². The van der Waals surface area contributed by atoms with Crippen LogP contribution in [-0.4, -0.2) is 28.3 Å². The van der Waals surface area contributed by atoms with Crippen molar-refractivity contribution in [2.45, 2.75) is 30.8 Å². The first-order valence-electron chi connectivity index (χ1n) is 10.4. The average Bonchev–Trinajstić information content (AvgIpc) is 2.74. The monoisotopic (exact) mass is 519 g/mol. The van der Waals surface area contributed by atoms with Crippen molar-refractivity contribution in [1.29, 1.82) is 0 Å². The zero-order valence-corrected chi connectivity index (χ0v) is 21.0. The van der Waals surface area contributed by atoms with Crippen molar-refractivity contribution in [1.82, 2.24) is 15.3 Å². The van der Waals surface area contributed by atoms with Gasteiger partial charge in [-0.1, -0.05) is 52.6 Å². The van der Waals surface area contributed by atoms with Crippen LogP contribution >= 0.6 is 46.6 Å². The summed E-state index contributed by atoms with van der Waals surface area (Å²) in [6.45, 7) is 5.15. The number of nitrogens with one attached hydrogen (secondary N) is 2. The van der Waals surface area contributed by atoms with E-state index in [9.17, 15) is 4.79 Å². The van der Waals surface area contributed by atoms with Crippen LogP contribution < -0.4 is 15.5 Å². The van der Waals surface area contributed by atoms with Gasteiger partial charge in [0.25, 0.3) is 5.91 Å². The number of hydrogen-bond donors (Lipinski definition) is 2. The van der Waals surface area contributed by atoms with Crippen LogP contribution in [-0.2, 0) is 12.0 Å². The van der Waals surface area contributed by atoms with Gasteiger partial charge in [-0.2, -0.15) is 0 Å². The standard InChI is InChI=1S/C23H20Cl3N5OS/c1-23(2)18-12(6-7-28-23)8-13(9-17(18)26)29-22-27-10-14-20(30-22)33-11-31(21(14)32)19-15(24)4-3-5-16(19)25/h3-5,8-10,28H,6-7,11H2,1-2H3,(H,27,29,30). The van der Waals surface area contributed by atoms with E-state index >= 15 is 0 Å². The van der Waals surface area contributed by atoms with E-state index in [1.54, 1.807) is 23.1 Å². The molecular formula is C23H20Cl3N5OS. The third kappa shape index (κ3) is 4.17. The van der Waals surface area contributed by atoms with Gasteiger partial charge in [0.15, 0.2) is 0 Å². The van der Waals surface area contributed by atoms with Crippen LogP contribution in [0.2, 0.25) is 15.1 Å². The molecule has 0 spiro atoms. The van der Waals surface area contributed by atoms with Crippen molar-refractivity contribution >= 4 is 69.8 Å². The predicted molar refractivity (Wildman–Crippen MR) is 135 cm³/mol. The molecule has 0 aliphatic carbocycles. The maximum Gasteiger partial charge on any atom is 0.263 e. The third-order valence-corrected chi connectivity index (χ3v) is 7.66. The summed E-state index contributed by atoms with van der Waals surface area (Å²) in [5, 5.41) is 8.88. The van der Waals surface area contributed by atoms with E-state index in [1.165, 1.54) is 23.5 Å². The topological polar surface area (TPSA) is 70.2 Å². The van der Waals surface area contributed by atoms with Crippen molar-refractivity contribution in [2.24, 2.45) is 0 Å². The lowest BCUT2D eigenvalue weighted by molar-refractivity contribution is 0.0985. The predicted octanol–water partition coefficient (Wildman–Crippen LogP) is 6.27. The molecule has 33 heavy (non-hydrogen) atoms. The normalized spacial score (nSPS) is 16.9. The number of thioether (sulfide) groups is 1. The van der Waals surface area contributed by atoms with Gasteiger partial charge in [0, 0.05) is 22.4 Å². The highest BCUT2D eigenvalue weighted by atomic mass is 35.5. The lowest BCUT2D eigenvalue weighted by Gasteiger charge is -2.35. The Hall–Kier alpha value is -2.03. The highest BCUT2D eigenvalue weighted by Gasteiger charge is 2.31. The Morgan fingerprint density at radius 3 is 2.67 bits per heavy atom. The quantitative estimate of drug-likeness (QED) is 0.397. The second kappa shape index (κ2) is 8.64. The van der Waals surface area contributed by atoms with Crippen LogP contribution in [0.15, 0.2) is 41.6 Å². The van der Waals surface area contributed by atoms with Gasteiger partial charge in [0.05, 0.1) is 27.2 Å². The van der Waals surface area contributed by atoms with Crippen molar-refractivity contribution in [3.8, 4) is 0 Å². The SMILES string of the molecule is CC1(C)NCCc2cc(Nc3ncc4c(n3)SCN(c3c(Cl)cccc3Cl)C4=O)cc(Cl)c21. The summed E-state index contributed by atoms with van der Waals surface area (Å²) in [6.07, 6.45) is 2.42. The molecule has 0 saturated carbocycles. The van der Waals surface area contributed by atoms with Crippen LogP contribution in [0.3, 0.4) is 0 Å². The van der Waals surface area contributed by atoms with E-state index in [4.69, 9.17) is 34.8 Å². The minimum absolute atomic E-state index is 0.182. The average molecular weight is 521 g/mol. The van der Waals surface area contributed by atoms with E-state index in [-0.39, 0.29) is 11.4 Å². The fourth-order valence-electron chi connectivity index (χ4n) is 4.29. The lowest BCUT2D eigenvalue weighted by Crippen LogP contribution is -2.42. The number of rotatable bonds is 3. The zero-order valence-electron chi connectivity index (χ0n) is 17.9. The molecule has 5 rings (SSSR count). The summed E-state index contributed by atoms with van der Waals surface area (Å²) in [4.78, 5) is 23.6. The summed E-state index contributed by atoms with van der Waals surface area (Å²) in [6, 6.07) is 9.14. The van der Waals surface area contributed by atoms with E-state index in [0.29, 0.717) is 43.2 Å². The van der Waals surface area contributed by atoms with Gasteiger partial charge in [-0.25, -0.2) is 9.97 Å². The third-order valence-electron chi connectivity index (χ3n) is 5.78. The second-order valence-corrected chi connectivity index (χ2v) is 10.6. The maximum atomic E-state index is 13.1. The van der Waals surface area contributed by atoms with Crippen molar-refractivity contribution in [3.63, 3.8) is 0 Å². The first kappa shape index (κ1) is 22.7. The minimum Gasteiger partial charge on any atom is -0.324 e. The minimum atomic E-state index is -0.239. The molecule has 1 aromatic heterocycles. The molecule has 3 heterocycles. The second-order valence-electron chi connectivity index (χ2n) is 8.41. The van der Waals surface area contributed by atoms with Crippen molar-refractivity contribution in [2.75, 3.05) is 22.6 Å². The summed E-state index contributed by atoms with van der Waals surface area (Å²) in [5.74, 6) is 0.512. The number of carbonyl (C=O) groups excluding carboxylic acids is 1. The molecule has 10 heteroatoms. The van der Waals surface area contributed by atoms with Gasteiger partial charge in [0.1, 0.15) is 5.03 Å². The molecule has 170 valence electrons. The summed E-state index contributed by atoms with van der Waals surface area (Å²) < 4.78 is 0. The molecule has 0 atom stereocenters. The fourth-order valence-corrected chi connectivity index (χ4v) is 6.31. The van der Waals surface area contributed by atoms with Crippen LogP contribution in [0, 0.1) is 0 Å². The number of carbonyl (C=O) groups is 1. The number of para-hydroxylation sites is 1. The molecule has 2 aliphatic heterocycles. The van der Waals surface area contributed by atoms with E-state index in [1.807, 2.05) is 6.07 Å². The molecule has 1 amide bonds. The largest absolute Gasteiger partial charge is 0.324 e. The molecule has 0 bridgehead atoms. The molecule has 0 saturated heterocycles. The molecule has 0 fully saturated rings. The number of amides is 1. The molecule has 3 aromatic rings. The Labute approximate surface area is 211 Å². The molecular weight excluding hydrogens is 501 g/mol. The summed E-state index contributed by atoms with van der Waals surface area (Å²) in [5.41, 5.74) is 3.85. The number of fused-ring (bicyclic) bond motifs is 2. The fraction of sp³-hybridized carbons (Fsp3) is 0.261. The van der Waals surface area contributed by atoms with Gasteiger partial charge < -0.3 is 10.6 Å². The number of nitrogens with zero attached hydrogens (tertiary/aromatic N) is 3. The zero-order chi connectivity index (χ0) is 23.3. The van der Waals surface area contributed by atoms with Crippen LogP contribution in [0.4, 0.5) is 17.3 Å². The Morgan fingerprint density at radius 2 is 1.91 bits per heavy atom. The number of hydrogen-bond acceptors (Lipinski definition) is 6. The number of halogens is 3. The molecule has 2 N–H and O–H groups in total. The Bertz CT molecular complexity index is 1260. The van der Waals surface area contributed by atoms with Gasteiger partial charge in [0.2, 0.25) is 5.95 Å². The number of benzene rings is 2. The van der Waals surface area contributed by atoms with Crippen LogP contribution in [0.25, 0.3) is 0 Å². The Balaban J connectivity index is 1.42. The van der Waals surface area contributed by atoms with Crippen molar-refractivity contribution < 1.29 is 4.79 Å². The molecule has 2 aliphatic rings. The lowest BCUT2D eigenvalue weighted by atomic mass is 9.85. The summed E-state index contributed by atoms with van der Waals surface area (Å²) in [7, 11) is 0. The van der Waals surface area contributed by atoms with Crippen LogP contribution in [0.5, 0.6) is 0 Å². The van der Waals surface area contributed by atoms with E-state index < -0.39 is 0 Å². The van der Waals surface area contributed by atoms with Crippen LogP contribution in [0.1, 0.15) is 35.3 Å². The number of anilines is 3. The molecule has 6 nitrogen and oxygen atoms in total. The number of aromatic nitrogens is 2. The first-order valence-corrected chi connectivity index (χ1v) is 12.5. The Morgan fingerprint density at radius 1 is 1.15 bits per heavy atom. The van der Waals surface area contributed by atoms with Gasteiger partial charge in [-0.15, -0.1) is 0 Å². The first-order chi connectivity index (χ1) is 15.7. The molecule has 0 unspecified atom stereocenters. The van der Waals surface area contributed by atoms with Crippen molar-refractivity contribution in [3.05, 3.63) is 68.3 Å². The highest BCUT2D eigenvalue weighted by molar-refractivity contribution is 7.99. The smallest absolute Gasteiger partial charge is 0.263 e. The Kier molecular flexibility index (Phi) is 5.95.